The Balaban J connectivity index is 1.72. The van der Waals surface area contributed by atoms with Crippen LogP contribution in [0.5, 0.6) is 17.2 Å². The van der Waals surface area contributed by atoms with Crippen LogP contribution in [0.25, 0.3) is 0 Å². The number of rotatable bonds is 5. The minimum Gasteiger partial charge on any atom is -0.507 e. The highest BCUT2D eigenvalue weighted by Crippen LogP contribution is 2.26. The van der Waals surface area contributed by atoms with Crippen molar-refractivity contribution >= 4 is 29.5 Å². The van der Waals surface area contributed by atoms with E-state index < -0.39 is 5.97 Å². The fourth-order valence-corrected chi connectivity index (χ4v) is 2.47. The van der Waals surface area contributed by atoms with Gasteiger partial charge in [-0.1, -0.05) is 23.7 Å². The van der Waals surface area contributed by atoms with Gasteiger partial charge in [-0.25, -0.2) is 4.79 Å². The van der Waals surface area contributed by atoms with Crippen molar-refractivity contribution in [2.75, 3.05) is 7.11 Å². The van der Waals surface area contributed by atoms with Crippen molar-refractivity contribution in [3.8, 4) is 17.2 Å². The highest BCUT2D eigenvalue weighted by atomic mass is 35.5. The number of para-hydroxylation sites is 1. The van der Waals surface area contributed by atoms with Gasteiger partial charge in [0.05, 0.1) is 23.4 Å². The number of benzene rings is 3. The van der Waals surface area contributed by atoms with E-state index in [0.29, 0.717) is 27.6 Å². The van der Waals surface area contributed by atoms with E-state index in [0.717, 1.165) is 0 Å². The van der Waals surface area contributed by atoms with Crippen LogP contribution in [-0.4, -0.2) is 24.4 Å². The van der Waals surface area contributed by atoms with Crippen LogP contribution in [0.3, 0.4) is 0 Å². The van der Waals surface area contributed by atoms with Crippen molar-refractivity contribution in [1.29, 1.82) is 0 Å². The van der Waals surface area contributed by atoms with Gasteiger partial charge in [-0.05, 0) is 48.5 Å². The van der Waals surface area contributed by atoms with Gasteiger partial charge in [0.2, 0.25) is 0 Å². The molecule has 0 heterocycles. The smallest absolute Gasteiger partial charge is 0.343 e. The number of halogens is 1. The quantitative estimate of drug-likeness (QED) is 0.382. The van der Waals surface area contributed by atoms with Gasteiger partial charge < -0.3 is 14.6 Å². The maximum atomic E-state index is 12.2. The first kappa shape index (κ1) is 18.5. The number of ether oxygens (including phenoxy) is 2. The normalized spacial score (nSPS) is 10.7. The number of phenols is 1. The molecule has 0 aliphatic heterocycles. The lowest BCUT2D eigenvalue weighted by atomic mass is 10.2. The van der Waals surface area contributed by atoms with Crippen LogP contribution < -0.4 is 9.47 Å². The van der Waals surface area contributed by atoms with Crippen molar-refractivity contribution in [3.05, 3.63) is 82.9 Å². The molecule has 0 unspecified atom stereocenters. The summed E-state index contributed by atoms with van der Waals surface area (Å²) in [7, 11) is 1.55. The van der Waals surface area contributed by atoms with Gasteiger partial charge in [-0.3, -0.25) is 4.99 Å². The first-order valence-electron chi connectivity index (χ1n) is 8.04. The van der Waals surface area contributed by atoms with E-state index in [1.807, 2.05) is 12.1 Å². The summed E-state index contributed by atoms with van der Waals surface area (Å²) in [4.78, 5) is 16.4. The number of carbonyl (C=O) groups is 1. The van der Waals surface area contributed by atoms with E-state index >= 15 is 0 Å². The average molecular weight is 382 g/mol. The molecule has 0 radical (unpaired) electrons. The summed E-state index contributed by atoms with van der Waals surface area (Å²) >= 11 is 6.05. The van der Waals surface area contributed by atoms with E-state index in [2.05, 4.69) is 4.99 Å². The number of aliphatic imine (C=N–C) groups is 1. The molecule has 0 saturated heterocycles. The lowest BCUT2D eigenvalue weighted by Crippen LogP contribution is -2.08. The van der Waals surface area contributed by atoms with Gasteiger partial charge in [0.15, 0.2) is 0 Å². The number of aromatic hydroxyl groups is 1. The maximum absolute atomic E-state index is 12.2. The Morgan fingerprint density at radius 1 is 1.04 bits per heavy atom. The zero-order valence-corrected chi connectivity index (χ0v) is 15.2. The number of nitrogens with zero attached hydrogens (tertiary/aromatic N) is 1. The first-order valence-corrected chi connectivity index (χ1v) is 8.42. The molecule has 3 aromatic rings. The average Bonchev–Trinajstić information content (AvgIpc) is 2.68. The topological polar surface area (TPSA) is 68.1 Å². The molecule has 5 nitrogen and oxygen atoms in total. The summed E-state index contributed by atoms with van der Waals surface area (Å²) in [5, 5.41) is 10.7. The van der Waals surface area contributed by atoms with Crippen molar-refractivity contribution in [2.24, 2.45) is 4.99 Å². The molecule has 27 heavy (non-hydrogen) atoms. The summed E-state index contributed by atoms with van der Waals surface area (Å²) in [5.41, 5.74) is 1.44. The highest BCUT2D eigenvalue weighted by molar-refractivity contribution is 6.33. The molecular formula is C21H16ClNO4. The highest BCUT2D eigenvalue weighted by Gasteiger charge is 2.10. The molecule has 136 valence electrons. The third kappa shape index (κ3) is 4.65. The second-order valence-electron chi connectivity index (χ2n) is 5.55. The van der Waals surface area contributed by atoms with E-state index in [1.54, 1.807) is 55.6 Å². The maximum Gasteiger partial charge on any atom is 0.343 e. The summed E-state index contributed by atoms with van der Waals surface area (Å²) in [6, 6.07) is 18.2. The van der Waals surface area contributed by atoms with Crippen LogP contribution in [0.1, 0.15) is 15.9 Å². The first-order chi connectivity index (χ1) is 13.1. The number of phenolic OH excluding ortho intramolecular Hbond substituents is 1. The number of methoxy groups -OCH3 is 1. The lowest BCUT2D eigenvalue weighted by molar-refractivity contribution is 0.0734. The van der Waals surface area contributed by atoms with Crippen LogP contribution >= 0.6 is 11.6 Å². The molecule has 6 heteroatoms. The number of carbonyl (C=O) groups excluding carboxylic acids is 1. The summed E-state index contributed by atoms with van der Waals surface area (Å²) < 4.78 is 10.3. The summed E-state index contributed by atoms with van der Waals surface area (Å²) in [6.07, 6.45) is 1.49. The molecule has 0 aromatic heterocycles. The minimum atomic E-state index is -0.533. The van der Waals surface area contributed by atoms with E-state index in [1.165, 1.54) is 12.3 Å². The molecule has 0 saturated carbocycles. The Bertz CT molecular complexity index is 984. The van der Waals surface area contributed by atoms with Crippen LogP contribution in [0.15, 0.2) is 71.7 Å². The van der Waals surface area contributed by atoms with Crippen LogP contribution in [0.2, 0.25) is 5.02 Å². The monoisotopic (exact) mass is 381 g/mol. The Morgan fingerprint density at radius 3 is 2.41 bits per heavy atom. The Hall–Kier alpha value is -3.31. The third-order valence-corrected chi connectivity index (χ3v) is 4.05. The Labute approximate surface area is 161 Å². The van der Waals surface area contributed by atoms with Crippen LogP contribution in [0.4, 0.5) is 5.69 Å². The van der Waals surface area contributed by atoms with E-state index in [4.69, 9.17) is 21.1 Å². The minimum absolute atomic E-state index is 0.0640. The fraction of sp³-hybridized carbons (Fsp3) is 0.0476. The van der Waals surface area contributed by atoms with Crippen LogP contribution in [0, 0.1) is 0 Å². The van der Waals surface area contributed by atoms with Gasteiger partial charge in [0, 0.05) is 17.8 Å². The molecule has 3 rings (SSSR count). The van der Waals surface area contributed by atoms with Crippen molar-refractivity contribution in [1.82, 2.24) is 0 Å². The molecule has 0 aliphatic rings. The molecule has 0 aliphatic carbocycles. The Kier molecular flexibility index (Phi) is 5.74. The molecule has 0 atom stereocenters. The van der Waals surface area contributed by atoms with Gasteiger partial charge >= 0.3 is 5.97 Å². The Morgan fingerprint density at radius 2 is 1.74 bits per heavy atom. The lowest BCUT2D eigenvalue weighted by Gasteiger charge is -2.07. The zero-order chi connectivity index (χ0) is 19.2. The predicted molar refractivity (Wildman–Crippen MR) is 105 cm³/mol. The molecule has 0 amide bonds. The molecule has 0 bridgehead atoms. The molecule has 0 spiro atoms. The number of esters is 1. The van der Waals surface area contributed by atoms with Crippen molar-refractivity contribution < 1.29 is 19.4 Å². The summed E-state index contributed by atoms with van der Waals surface area (Å²) in [6.45, 7) is 0. The van der Waals surface area contributed by atoms with E-state index in [9.17, 15) is 9.90 Å². The largest absolute Gasteiger partial charge is 0.507 e. The number of hydrogen-bond acceptors (Lipinski definition) is 5. The predicted octanol–water partition coefficient (Wildman–Crippen LogP) is 5.02. The third-order valence-electron chi connectivity index (χ3n) is 3.73. The second kappa shape index (κ2) is 8.38. The number of hydrogen-bond donors (Lipinski definition) is 1. The summed E-state index contributed by atoms with van der Waals surface area (Å²) in [5.74, 6) is 0.273. The van der Waals surface area contributed by atoms with Gasteiger partial charge in [0.25, 0.3) is 0 Å². The zero-order valence-electron chi connectivity index (χ0n) is 14.4. The van der Waals surface area contributed by atoms with Crippen molar-refractivity contribution in [2.45, 2.75) is 0 Å². The molecule has 3 aromatic carbocycles. The molecular weight excluding hydrogens is 366 g/mol. The molecule has 0 fully saturated rings. The second-order valence-corrected chi connectivity index (χ2v) is 5.96. The van der Waals surface area contributed by atoms with Gasteiger partial charge in [-0.15, -0.1) is 0 Å². The van der Waals surface area contributed by atoms with Crippen molar-refractivity contribution in [3.63, 3.8) is 0 Å². The van der Waals surface area contributed by atoms with Gasteiger partial charge in [-0.2, -0.15) is 0 Å². The van der Waals surface area contributed by atoms with E-state index in [-0.39, 0.29) is 11.5 Å². The standard InChI is InChI=1S/C21H16ClNO4/c1-26-16-9-6-14(7-10-16)21(25)27-17-11-8-15(20(24)12-17)13-23-19-5-3-2-4-18(19)22/h2-13,24H,1H3. The molecule has 1 N–H and O–H groups in total. The SMILES string of the molecule is COc1ccc(C(=O)Oc2ccc(C=Nc3ccccc3Cl)c(O)c2)cc1. The van der Waals surface area contributed by atoms with Gasteiger partial charge in [0.1, 0.15) is 17.2 Å². The van der Waals surface area contributed by atoms with Crippen LogP contribution in [-0.2, 0) is 0 Å². The fourth-order valence-electron chi connectivity index (χ4n) is 2.28.